The van der Waals surface area contributed by atoms with Crippen molar-refractivity contribution in [2.75, 3.05) is 13.2 Å². The van der Waals surface area contributed by atoms with Crippen molar-refractivity contribution in [2.24, 2.45) is 0 Å². The van der Waals surface area contributed by atoms with Crippen LogP contribution < -0.4 is 5.32 Å². The summed E-state index contributed by atoms with van der Waals surface area (Å²) in [6.45, 7) is -0.827. The molecule has 0 aromatic carbocycles. The van der Waals surface area contributed by atoms with Gasteiger partial charge in [-0.05, 0) is 0 Å². The van der Waals surface area contributed by atoms with Crippen molar-refractivity contribution >= 4 is 0 Å². The van der Waals surface area contributed by atoms with E-state index in [-0.39, 0.29) is 6.61 Å². The molecule has 78 valence electrons. The highest BCUT2D eigenvalue weighted by Gasteiger charge is 2.43. The summed E-state index contributed by atoms with van der Waals surface area (Å²) in [4.78, 5) is 0. The fourth-order valence-corrected chi connectivity index (χ4v) is 1.51. The number of aliphatic hydroxyl groups excluding tert-OH is 5. The lowest BCUT2D eigenvalue weighted by Crippen LogP contribution is -2.45. The van der Waals surface area contributed by atoms with Crippen LogP contribution >= 0.6 is 0 Å². The van der Waals surface area contributed by atoms with Crippen molar-refractivity contribution in [3.8, 4) is 0 Å². The molecule has 0 aromatic rings. The number of rotatable bonds is 3. The minimum absolute atomic E-state index is 0.327. The van der Waals surface area contributed by atoms with Gasteiger partial charge in [-0.2, -0.15) is 0 Å². The number of aliphatic hydroxyl groups is 5. The first-order valence-corrected chi connectivity index (χ1v) is 4.13. The molecule has 6 nitrogen and oxygen atoms in total. The summed E-state index contributed by atoms with van der Waals surface area (Å²) in [6.07, 6.45) is -3.42. The van der Waals surface area contributed by atoms with Crippen molar-refractivity contribution in [1.82, 2.24) is 5.32 Å². The van der Waals surface area contributed by atoms with Crippen molar-refractivity contribution < 1.29 is 25.5 Å². The van der Waals surface area contributed by atoms with Gasteiger partial charge in [-0.3, -0.25) is 0 Å². The molecule has 5 atom stereocenters. The Kier molecular flexibility index (Phi) is 3.60. The Hall–Kier alpha value is -0.240. The molecule has 6 N–H and O–H groups in total. The maximum atomic E-state index is 9.37. The van der Waals surface area contributed by atoms with Gasteiger partial charge in [0.1, 0.15) is 0 Å². The Balaban J connectivity index is 2.60. The van der Waals surface area contributed by atoms with Crippen LogP contribution in [0.3, 0.4) is 0 Å². The molecule has 0 spiro atoms. The fraction of sp³-hybridized carbons (Fsp3) is 1.00. The van der Waals surface area contributed by atoms with Crippen molar-refractivity contribution in [3.05, 3.63) is 0 Å². The molecule has 1 fully saturated rings. The molecule has 0 radical (unpaired) electrons. The fourth-order valence-electron chi connectivity index (χ4n) is 1.51. The van der Waals surface area contributed by atoms with Gasteiger partial charge < -0.3 is 30.8 Å². The summed E-state index contributed by atoms with van der Waals surface area (Å²) < 4.78 is 0. The molecule has 0 unspecified atom stereocenters. The third-order valence-corrected chi connectivity index (χ3v) is 2.33. The maximum Gasteiger partial charge on any atom is 0.0994 e. The summed E-state index contributed by atoms with van der Waals surface area (Å²) in [5, 5.41) is 47.9. The standard InChI is InChI=1S/C7H15NO5/c9-1-3-6(12)7(13)5(8-3)4(11)2-10/h3-13H,1-2H2/t3-,4-,5+,6+,7+/m1/s1. The van der Waals surface area contributed by atoms with Gasteiger partial charge in [0.25, 0.3) is 0 Å². The van der Waals surface area contributed by atoms with Gasteiger partial charge in [0.05, 0.1) is 43.6 Å². The summed E-state index contributed by atoms with van der Waals surface area (Å²) in [5.41, 5.74) is 0. The average Bonchev–Trinajstić information content (AvgIpc) is 2.43. The largest absolute Gasteiger partial charge is 0.395 e. The normalized spacial score (nSPS) is 42.2. The first-order valence-electron chi connectivity index (χ1n) is 4.13. The smallest absolute Gasteiger partial charge is 0.0994 e. The Morgan fingerprint density at radius 2 is 1.77 bits per heavy atom. The van der Waals surface area contributed by atoms with E-state index in [4.69, 9.17) is 10.2 Å². The topological polar surface area (TPSA) is 113 Å². The van der Waals surface area contributed by atoms with Gasteiger partial charge >= 0.3 is 0 Å². The lowest BCUT2D eigenvalue weighted by atomic mass is 10.0. The predicted molar refractivity (Wildman–Crippen MR) is 42.9 cm³/mol. The number of hydrogen-bond donors (Lipinski definition) is 6. The van der Waals surface area contributed by atoms with E-state index in [0.717, 1.165) is 0 Å². The second kappa shape index (κ2) is 4.32. The molecule has 1 saturated heterocycles. The van der Waals surface area contributed by atoms with E-state index < -0.39 is 37.0 Å². The second-order valence-corrected chi connectivity index (χ2v) is 3.21. The first kappa shape index (κ1) is 10.8. The average molecular weight is 193 g/mol. The summed E-state index contributed by atoms with van der Waals surface area (Å²) >= 11 is 0. The van der Waals surface area contributed by atoms with E-state index in [2.05, 4.69) is 5.32 Å². The van der Waals surface area contributed by atoms with E-state index >= 15 is 0 Å². The van der Waals surface area contributed by atoms with Gasteiger partial charge in [0.15, 0.2) is 0 Å². The molecule has 0 amide bonds. The van der Waals surface area contributed by atoms with E-state index in [9.17, 15) is 15.3 Å². The Labute approximate surface area is 75.4 Å². The highest BCUT2D eigenvalue weighted by molar-refractivity contribution is 5.00. The Bertz CT molecular complexity index is 167. The summed E-state index contributed by atoms with van der Waals surface area (Å²) in [6, 6.07) is -1.45. The van der Waals surface area contributed by atoms with Crippen molar-refractivity contribution in [1.29, 1.82) is 0 Å². The van der Waals surface area contributed by atoms with Gasteiger partial charge in [-0.15, -0.1) is 0 Å². The SMILES string of the molecule is OC[C@@H](O)[C@@H]1N[C@H](CO)[C@H](O)[C@H]1O. The molecule has 1 aliphatic heterocycles. The molecule has 13 heavy (non-hydrogen) atoms. The van der Waals surface area contributed by atoms with Crippen LogP contribution in [0.25, 0.3) is 0 Å². The highest BCUT2D eigenvalue weighted by atomic mass is 16.3. The van der Waals surface area contributed by atoms with Crippen LogP contribution in [-0.4, -0.2) is 69.1 Å². The summed E-state index contributed by atoms with van der Waals surface area (Å²) in [7, 11) is 0. The van der Waals surface area contributed by atoms with Crippen molar-refractivity contribution in [2.45, 2.75) is 30.4 Å². The van der Waals surface area contributed by atoms with Gasteiger partial charge in [0, 0.05) is 0 Å². The quantitative estimate of drug-likeness (QED) is 0.276. The molecule has 1 heterocycles. The third kappa shape index (κ3) is 1.98. The lowest BCUT2D eigenvalue weighted by Gasteiger charge is -2.19. The third-order valence-electron chi connectivity index (χ3n) is 2.33. The minimum atomic E-state index is -1.17. The molecule has 0 bridgehead atoms. The van der Waals surface area contributed by atoms with Crippen LogP contribution in [0.1, 0.15) is 0 Å². The molecule has 0 aliphatic carbocycles. The van der Waals surface area contributed by atoms with Gasteiger partial charge in [-0.25, -0.2) is 0 Å². The monoisotopic (exact) mass is 193 g/mol. The van der Waals surface area contributed by atoms with Gasteiger partial charge in [-0.1, -0.05) is 0 Å². The molecule has 0 aromatic heterocycles. The minimum Gasteiger partial charge on any atom is -0.395 e. The predicted octanol–water partition coefficient (Wildman–Crippen LogP) is -3.61. The zero-order valence-electron chi connectivity index (χ0n) is 7.04. The molecular formula is C7H15NO5. The molecular weight excluding hydrogens is 178 g/mol. The Morgan fingerprint density at radius 3 is 2.15 bits per heavy atom. The first-order chi connectivity index (χ1) is 6.11. The zero-order valence-corrected chi connectivity index (χ0v) is 7.04. The van der Waals surface area contributed by atoms with Crippen LogP contribution in [0.5, 0.6) is 0 Å². The van der Waals surface area contributed by atoms with Gasteiger partial charge in [0.2, 0.25) is 0 Å². The van der Waals surface area contributed by atoms with Crippen LogP contribution in [0.4, 0.5) is 0 Å². The zero-order chi connectivity index (χ0) is 10.0. The highest BCUT2D eigenvalue weighted by Crippen LogP contribution is 2.16. The van der Waals surface area contributed by atoms with E-state index in [1.54, 1.807) is 0 Å². The Morgan fingerprint density at radius 1 is 1.15 bits per heavy atom. The van der Waals surface area contributed by atoms with E-state index in [1.165, 1.54) is 0 Å². The van der Waals surface area contributed by atoms with Crippen LogP contribution in [0, 0.1) is 0 Å². The van der Waals surface area contributed by atoms with Crippen LogP contribution in [-0.2, 0) is 0 Å². The number of nitrogens with one attached hydrogen (secondary N) is 1. The molecule has 1 aliphatic rings. The van der Waals surface area contributed by atoms with E-state index in [0.29, 0.717) is 0 Å². The van der Waals surface area contributed by atoms with E-state index in [1.807, 2.05) is 0 Å². The van der Waals surface area contributed by atoms with Crippen molar-refractivity contribution in [3.63, 3.8) is 0 Å². The molecule has 6 heteroatoms. The lowest BCUT2D eigenvalue weighted by molar-refractivity contribution is -0.0150. The van der Waals surface area contributed by atoms with Crippen LogP contribution in [0.15, 0.2) is 0 Å². The van der Waals surface area contributed by atoms with Crippen LogP contribution in [0.2, 0.25) is 0 Å². The molecule has 0 saturated carbocycles. The number of hydrogen-bond acceptors (Lipinski definition) is 6. The summed E-state index contributed by atoms with van der Waals surface area (Å²) in [5.74, 6) is 0. The second-order valence-electron chi connectivity index (χ2n) is 3.21. The maximum absolute atomic E-state index is 9.37. The molecule has 1 rings (SSSR count).